The van der Waals surface area contributed by atoms with Crippen LogP contribution >= 0.6 is 20.1 Å². The number of unbranched alkanes of at least 4 members (excludes halogenated alkanes) is 4. The lowest BCUT2D eigenvalue weighted by molar-refractivity contribution is -0.142. The quantitative estimate of drug-likeness (QED) is 0.332. The van der Waals surface area contributed by atoms with Crippen molar-refractivity contribution in [1.29, 1.82) is 0 Å². The van der Waals surface area contributed by atoms with Crippen LogP contribution in [0.25, 0.3) is 0 Å². The summed E-state index contributed by atoms with van der Waals surface area (Å²) in [7, 11) is 0.124. The van der Waals surface area contributed by atoms with Crippen LogP contribution in [0.1, 0.15) is 39.0 Å². The van der Waals surface area contributed by atoms with Gasteiger partial charge < -0.3 is 13.8 Å². The number of carbonyl (C=O) groups excluding carboxylic acids is 1. The number of rotatable bonds is 12. The number of carbonyl (C=O) groups is 1. The highest BCUT2D eigenvalue weighted by Crippen LogP contribution is 2.34. The second-order valence-electron chi connectivity index (χ2n) is 4.95. The minimum absolute atomic E-state index is 0.0576. The molecule has 0 bridgehead atoms. The first-order chi connectivity index (χ1) is 11.2. The lowest BCUT2D eigenvalue weighted by atomic mass is 10.2. The van der Waals surface area contributed by atoms with Crippen LogP contribution in [0.15, 0.2) is 24.3 Å². The van der Waals surface area contributed by atoms with Crippen LogP contribution in [0.5, 0.6) is 5.75 Å². The highest BCUT2D eigenvalue weighted by atomic mass is 35.5. The van der Waals surface area contributed by atoms with E-state index in [0.717, 1.165) is 12.8 Å². The Labute approximate surface area is 144 Å². The molecule has 0 saturated carbocycles. The number of hydrogen-bond donors (Lipinski definition) is 1. The molecule has 1 rings (SSSR count). The Bertz CT molecular complexity index is 444. The van der Waals surface area contributed by atoms with Crippen LogP contribution in [-0.4, -0.2) is 26.2 Å². The van der Waals surface area contributed by atoms with E-state index in [1.807, 2.05) is 0 Å². The predicted molar refractivity (Wildman–Crippen MR) is 93.7 cm³/mol. The van der Waals surface area contributed by atoms with Crippen LogP contribution < -0.4 is 9.61 Å². The van der Waals surface area contributed by atoms with Gasteiger partial charge in [0.25, 0.3) is 0 Å². The van der Waals surface area contributed by atoms with Crippen molar-refractivity contribution in [2.75, 3.05) is 20.3 Å². The normalized spacial score (nSPS) is 12.0. The molecule has 1 atom stereocenters. The lowest BCUT2D eigenvalue weighted by Crippen LogP contribution is -2.23. The van der Waals surface area contributed by atoms with Crippen molar-refractivity contribution in [2.24, 2.45) is 0 Å². The number of ether oxygens (including phenoxy) is 1. The van der Waals surface area contributed by atoms with Gasteiger partial charge in [0, 0.05) is 12.1 Å². The number of esters is 1. The molecule has 0 amide bonds. The topological polar surface area (TPSA) is 56.8 Å². The fourth-order valence-electron chi connectivity index (χ4n) is 1.80. The highest BCUT2D eigenvalue weighted by molar-refractivity contribution is 7.45. The zero-order chi connectivity index (χ0) is 16.9. The SMILES string of the molecule is CCCCCCCOC(=O)CNP(OC)Oc1ccc(Cl)cc1. The third-order valence-electron chi connectivity index (χ3n) is 3.03. The second kappa shape index (κ2) is 12.5. The second-order valence-corrected chi connectivity index (χ2v) is 6.77. The summed E-state index contributed by atoms with van der Waals surface area (Å²) in [5.74, 6) is 0.323. The van der Waals surface area contributed by atoms with Crippen molar-refractivity contribution in [2.45, 2.75) is 39.0 Å². The van der Waals surface area contributed by atoms with Crippen molar-refractivity contribution in [3.63, 3.8) is 0 Å². The summed E-state index contributed by atoms with van der Waals surface area (Å²) in [6.45, 7) is 2.70. The van der Waals surface area contributed by atoms with Crippen molar-refractivity contribution >= 4 is 26.1 Å². The average Bonchev–Trinajstić information content (AvgIpc) is 2.56. The van der Waals surface area contributed by atoms with Gasteiger partial charge in [-0.15, -0.1) is 0 Å². The van der Waals surface area contributed by atoms with E-state index in [9.17, 15) is 4.79 Å². The fraction of sp³-hybridized carbons (Fsp3) is 0.562. The Balaban J connectivity index is 2.18. The van der Waals surface area contributed by atoms with Gasteiger partial charge in [-0.05, 0) is 30.7 Å². The summed E-state index contributed by atoms with van der Waals surface area (Å²) >= 11 is 5.81. The lowest BCUT2D eigenvalue weighted by Gasteiger charge is -2.16. The summed E-state index contributed by atoms with van der Waals surface area (Å²) in [4.78, 5) is 11.6. The number of benzene rings is 1. The third-order valence-corrected chi connectivity index (χ3v) is 4.41. The molecule has 0 fully saturated rings. The molecular formula is C16H25ClNO4P. The van der Waals surface area contributed by atoms with E-state index < -0.39 is 8.53 Å². The molecule has 0 aromatic heterocycles. The Morgan fingerprint density at radius 2 is 1.87 bits per heavy atom. The highest BCUT2D eigenvalue weighted by Gasteiger charge is 2.13. The molecule has 5 nitrogen and oxygen atoms in total. The van der Waals surface area contributed by atoms with Crippen molar-refractivity contribution in [3.05, 3.63) is 29.3 Å². The summed E-state index contributed by atoms with van der Waals surface area (Å²) in [5.41, 5.74) is 0. The van der Waals surface area contributed by atoms with Gasteiger partial charge in [-0.1, -0.05) is 44.2 Å². The van der Waals surface area contributed by atoms with Crippen molar-refractivity contribution < 1.29 is 18.6 Å². The minimum Gasteiger partial charge on any atom is -0.465 e. The van der Waals surface area contributed by atoms with Gasteiger partial charge in [0.15, 0.2) is 0 Å². The average molecular weight is 362 g/mol. The van der Waals surface area contributed by atoms with Gasteiger partial charge in [0.05, 0.1) is 6.61 Å². The van der Waals surface area contributed by atoms with E-state index >= 15 is 0 Å². The van der Waals surface area contributed by atoms with Crippen molar-refractivity contribution in [1.82, 2.24) is 5.09 Å². The zero-order valence-electron chi connectivity index (χ0n) is 13.7. The predicted octanol–water partition coefficient (Wildman–Crippen LogP) is 4.70. The maximum Gasteiger partial charge on any atom is 0.320 e. The monoisotopic (exact) mass is 361 g/mol. The van der Waals surface area contributed by atoms with Crippen LogP contribution in [-0.2, 0) is 14.1 Å². The Morgan fingerprint density at radius 1 is 1.17 bits per heavy atom. The first kappa shape index (κ1) is 20.2. The zero-order valence-corrected chi connectivity index (χ0v) is 15.4. The first-order valence-corrected chi connectivity index (χ1v) is 9.38. The maximum atomic E-state index is 11.6. The molecule has 0 radical (unpaired) electrons. The van der Waals surface area contributed by atoms with Gasteiger partial charge in [-0.3, -0.25) is 4.79 Å². The molecule has 0 aliphatic heterocycles. The molecule has 1 N–H and O–H groups in total. The smallest absolute Gasteiger partial charge is 0.320 e. The fourth-order valence-corrected chi connectivity index (χ4v) is 2.76. The summed E-state index contributed by atoms with van der Waals surface area (Å²) in [6, 6.07) is 6.94. The molecule has 23 heavy (non-hydrogen) atoms. The molecule has 1 aromatic carbocycles. The molecule has 0 spiro atoms. The summed E-state index contributed by atoms with van der Waals surface area (Å²) in [5, 5.41) is 3.54. The van der Waals surface area contributed by atoms with Gasteiger partial charge >= 0.3 is 14.5 Å². The van der Waals surface area contributed by atoms with E-state index in [1.165, 1.54) is 26.4 Å². The van der Waals surface area contributed by atoms with Gasteiger partial charge in [0.1, 0.15) is 12.3 Å². The molecule has 7 heteroatoms. The number of hydrogen-bond acceptors (Lipinski definition) is 5. The van der Waals surface area contributed by atoms with Crippen LogP contribution in [0.3, 0.4) is 0 Å². The summed E-state index contributed by atoms with van der Waals surface area (Å²) < 4.78 is 16.0. The van der Waals surface area contributed by atoms with Gasteiger partial charge in [0.2, 0.25) is 0 Å². The number of nitrogens with one attached hydrogen (secondary N) is 1. The van der Waals surface area contributed by atoms with Crippen LogP contribution in [0, 0.1) is 0 Å². The molecule has 0 aliphatic carbocycles. The molecule has 1 unspecified atom stereocenters. The Morgan fingerprint density at radius 3 is 2.52 bits per heavy atom. The van der Waals surface area contributed by atoms with Crippen LogP contribution in [0.4, 0.5) is 0 Å². The molecule has 0 aliphatic rings. The van der Waals surface area contributed by atoms with E-state index in [4.69, 9.17) is 25.4 Å². The van der Waals surface area contributed by atoms with Crippen molar-refractivity contribution in [3.8, 4) is 5.75 Å². The minimum atomic E-state index is -1.40. The Hall–Kier alpha value is -0.870. The number of halogens is 1. The van der Waals surface area contributed by atoms with E-state index in [0.29, 0.717) is 17.4 Å². The molecular weight excluding hydrogens is 337 g/mol. The standard InChI is InChI=1S/C16H25ClNO4P/c1-3-4-5-6-7-12-21-16(19)13-18-23(20-2)22-15-10-8-14(17)9-11-15/h8-11,18H,3-7,12-13H2,1-2H3. The molecule has 0 saturated heterocycles. The largest absolute Gasteiger partial charge is 0.465 e. The van der Waals surface area contributed by atoms with Crippen LogP contribution in [0.2, 0.25) is 5.02 Å². The molecule has 1 aromatic rings. The van der Waals surface area contributed by atoms with E-state index in [-0.39, 0.29) is 12.5 Å². The van der Waals surface area contributed by atoms with Gasteiger partial charge in [-0.2, -0.15) is 0 Å². The summed E-state index contributed by atoms with van der Waals surface area (Å²) in [6.07, 6.45) is 5.63. The van der Waals surface area contributed by atoms with E-state index in [1.54, 1.807) is 24.3 Å². The van der Waals surface area contributed by atoms with E-state index in [2.05, 4.69) is 12.0 Å². The molecule has 130 valence electrons. The first-order valence-electron chi connectivity index (χ1n) is 7.82. The maximum absolute atomic E-state index is 11.6. The molecule has 0 heterocycles. The van der Waals surface area contributed by atoms with Gasteiger partial charge in [-0.25, -0.2) is 5.09 Å². The Kier molecular flexibility index (Phi) is 11.0. The third kappa shape index (κ3) is 9.77.